The normalized spacial score (nSPS) is 19.4. The van der Waals surface area contributed by atoms with Crippen molar-refractivity contribution in [2.75, 3.05) is 46.2 Å². The first-order valence-electron chi connectivity index (χ1n) is 5.33. The van der Waals surface area contributed by atoms with Crippen molar-refractivity contribution < 1.29 is 18.2 Å². The van der Waals surface area contributed by atoms with Crippen LogP contribution in [0.3, 0.4) is 0 Å². The Kier molecular flexibility index (Phi) is 7.07. The molecule has 5 nitrogen and oxygen atoms in total. The maximum atomic E-state index is 11.9. The Bertz CT molecular complexity index is 267. The Morgan fingerprint density at radius 2 is 1.25 bits per heavy atom. The van der Waals surface area contributed by atoms with Gasteiger partial charge in [-0.3, -0.25) is 14.0 Å². The molecule has 0 radical (unpaired) electrons. The van der Waals surface area contributed by atoms with Gasteiger partial charge in [0.1, 0.15) is 0 Å². The van der Waals surface area contributed by atoms with Crippen LogP contribution in [-0.2, 0) is 18.2 Å². The summed E-state index contributed by atoms with van der Waals surface area (Å²) in [7, 11) is -3.44. The van der Waals surface area contributed by atoms with Gasteiger partial charge < -0.3 is 9.05 Å². The first kappa shape index (κ1) is 16.3. The maximum Gasteiger partial charge on any atom is 0.213 e. The van der Waals surface area contributed by atoms with Crippen LogP contribution in [0.1, 0.15) is 13.8 Å². The van der Waals surface area contributed by atoms with Gasteiger partial charge in [0.25, 0.3) is 0 Å². The molecule has 0 fully saturated rings. The molecule has 2 atom stereocenters. The zero-order valence-electron chi connectivity index (χ0n) is 10.8. The molecular weight excluding hydrogens is 248 g/mol. The number of hydrogen-bond donors (Lipinski definition) is 0. The molecular formula is C9H23NO4P2. The van der Waals surface area contributed by atoms with Crippen molar-refractivity contribution in [2.45, 2.75) is 13.8 Å². The van der Waals surface area contributed by atoms with Crippen molar-refractivity contribution in [1.29, 1.82) is 0 Å². The largest absolute Gasteiger partial charge is 0.328 e. The quantitative estimate of drug-likeness (QED) is 0.635. The lowest BCUT2D eigenvalue weighted by atomic mass is 10.9. The zero-order chi connectivity index (χ0) is 12.8. The topological polar surface area (TPSA) is 55.8 Å². The van der Waals surface area contributed by atoms with Gasteiger partial charge in [-0.15, -0.1) is 0 Å². The van der Waals surface area contributed by atoms with E-state index < -0.39 is 14.7 Å². The maximum absolute atomic E-state index is 11.9. The predicted octanol–water partition coefficient (Wildman–Crippen LogP) is 2.72. The molecule has 0 amide bonds. The molecule has 0 aromatic rings. The van der Waals surface area contributed by atoms with Gasteiger partial charge in [-0.1, -0.05) is 0 Å². The van der Waals surface area contributed by atoms with Gasteiger partial charge in [-0.05, 0) is 20.9 Å². The highest BCUT2D eigenvalue weighted by molar-refractivity contribution is 7.59. The van der Waals surface area contributed by atoms with Gasteiger partial charge in [-0.25, -0.2) is 0 Å². The van der Waals surface area contributed by atoms with Crippen molar-refractivity contribution >= 4 is 14.7 Å². The van der Waals surface area contributed by atoms with Crippen molar-refractivity contribution in [3.8, 4) is 0 Å². The molecule has 0 aromatic heterocycles. The Balaban J connectivity index is 4.22. The molecule has 7 heteroatoms. The first-order chi connectivity index (χ1) is 7.22. The molecule has 0 saturated heterocycles. The predicted molar refractivity (Wildman–Crippen MR) is 67.8 cm³/mol. The van der Waals surface area contributed by atoms with Crippen LogP contribution < -0.4 is 0 Å². The van der Waals surface area contributed by atoms with E-state index in [9.17, 15) is 9.13 Å². The second kappa shape index (κ2) is 6.93. The van der Waals surface area contributed by atoms with Crippen LogP contribution in [0.4, 0.5) is 0 Å². The summed E-state index contributed by atoms with van der Waals surface area (Å²) in [6, 6.07) is 0. The Labute approximate surface area is 98.4 Å². The van der Waals surface area contributed by atoms with Gasteiger partial charge in [-0.2, -0.15) is 0 Å². The van der Waals surface area contributed by atoms with E-state index in [4.69, 9.17) is 9.05 Å². The summed E-state index contributed by atoms with van der Waals surface area (Å²) in [5.41, 5.74) is 0. The highest BCUT2D eigenvalue weighted by Crippen LogP contribution is 2.47. The summed E-state index contributed by atoms with van der Waals surface area (Å²) in [5.74, 6) is 0. The lowest BCUT2D eigenvalue weighted by molar-refractivity contribution is 0.300. The Morgan fingerprint density at radius 3 is 1.50 bits per heavy atom. The minimum Gasteiger partial charge on any atom is -0.328 e. The van der Waals surface area contributed by atoms with Crippen molar-refractivity contribution in [1.82, 2.24) is 4.90 Å². The Hall–Kier alpha value is 0.340. The van der Waals surface area contributed by atoms with Crippen LogP contribution in [0.15, 0.2) is 0 Å². The molecule has 0 spiro atoms. The third kappa shape index (κ3) is 7.59. The van der Waals surface area contributed by atoms with E-state index in [1.54, 1.807) is 39.1 Å². The lowest BCUT2D eigenvalue weighted by Crippen LogP contribution is -2.22. The average Bonchev–Trinajstić information content (AvgIpc) is 1.99. The first-order valence-corrected chi connectivity index (χ1v) is 9.84. The second-order valence-electron chi connectivity index (χ2n) is 4.00. The van der Waals surface area contributed by atoms with E-state index in [-0.39, 0.29) is 0 Å². The molecule has 0 heterocycles. The SMILES string of the molecule is CCOP(C)(=O)CN(C)CP(C)(=O)OCC. The highest BCUT2D eigenvalue weighted by atomic mass is 31.2. The summed E-state index contributed by atoms with van der Waals surface area (Å²) < 4.78 is 34.1. The lowest BCUT2D eigenvalue weighted by Gasteiger charge is -2.24. The van der Waals surface area contributed by atoms with Crippen LogP contribution in [0.2, 0.25) is 0 Å². The van der Waals surface area contributed by atoms with E-state index in [1.165, 1.54) is 0 Å². The monoisotopic (exact) mass is 271 g/mol. The zero-order valence-corrected chi connectivity index (χ0v) is 12.6. The molecule has 0 aliphatic rings. The third-order valence-electron chi connectivity index (χ3n) is 1.80. The second-order valence-corrected chi connectivity index (χ2v) is 9.14. The van der Waals surface area contributed by atoms with Crippen LogP contribution in [0.5, 0.6) is 0 Å². The number of rotatable bonds is 8. The van der Waals surface area contributed by atoms with Crippen LogP contribution in [0, 0.1) is 0 Å². The molecule has 0 N–H and O–H groups in total. The van der Waals surface area contributed by atoms with Crippen molar-refractivity contribution in [3.05, 3.63) is 0 Å². The summed E-state index contributed by atoms with van der Waals surface area (Å²) in [6.45, 7) is 7.65. The summed E-state index contributed by atoms with van der Waals surface area (Å²) in [5, 5.41) is 0. The van der Waals surface area contributed by atoms with E-state index in [0.717, 1.165) is 0 Å². The van der Waals surface area contributed by atoms with Crippen LogP contribution in [0.25, 0.3) is 0 Å². The van der Waals surface area contributed by atoms with Gasteiger partial charge in [0.15, 0.2) is 0 Å². The van der Waals surface area contributed by atoms with E-state index >= 15 is 0 Å². The highest BCUT2D eigenvalue weighted by Gasteiger charge is 2.23. The van der Waals surface area contributed by atoms with E-state index in [0.29, 0.717) is 25.8 Å². The van der Waals surface area contributed by atoms with Crippen LogP contribution in [-0.4, -0.2) is 51.1 Å². The van der Waals surface area contributed by atoms with Gasteiger partial charge in [0.2, 0.25) is 14.7 Å². The Morgan fingerprint density at radius 1 is 0.938 bits per heavy atom. The van der Waals surface area contributed by atoms with Crippen LogP contribution >= 0.6 is 14.7 Å². The summed E-state index contributed by atoms with van der Waals surface area (Å²) >= 11 is 0. The number of hydrogen-bond acceptors (Lipinski definition) is 5. The number of nitrogens with zero attached hydrogens (tertiary/aromatic N) is 1. The fraction of sp³-hybridized carbons (Fsp3) is 1.00. The molecule has 98 valence electrons. The molecule has 0 aliphatic heterocycles. The van der Waals surface area contributed by atoms with Crippen molar-refractivity contribution in [3.63, 3.8) is 0 Å². The molecule has 2 unspecified atom stereocenters. The fourth-order valence-corrected chi connectivity index (χ4v) is 4.92. The minimum atomic E-state index is -2.60. The van der Waals surface area contributed by atoms with Gasteiger partial charge >= 0.3 is 0 Å². The molecule has 0 aromatic carbocycles. The third-order valence-corrected chi connectivity index (χ3v) is 5.40. The standard InChI is InChI=1S/C9H23NO4P2/c1-6-13-15(4,11)8-10(3)9-16(5,12)14-7-2/h6-9H2,1-5H3. The minimum absolute atomic E-state index is 0.297. The molecule has 0 aliphatic carbocycles. The summed E-state index contributed by atoms with van der Waals surface area (Å²) in [6.07, 6.45) is 0.595. The van der Waals surface area contributed by atoms with E-state index in [1.807, 2.05) is 0 Å². The molecule has 0 bridgehead atoms. The van der Waals surface area contributed by atoms with Gasteiger partial charge in [0, 0.05) is 13.3 Å². The van der Waals surface area contributed by atoms with Gasteiger partial charge in [0.05, 0.1) is 25.8 Å². The van der Waals surface area contributed by atoms with E-state index in [2.05, 4.69) is 0 Å². The summed E-state index contributed by atoms with van der Waals surface area (Å²) in [4.78, 5) is 1.74. The molecule has 0 saturated carbocycles. The fourth-order valence-electron chi connectivity index (χ4n) is 1.55. The smallest absolute Gasteiger partial charge is 0.213 e. The van der Waals surface area contributed by atoms with Crippen molar-refractivity contribution in [2.24, 2.45) is 0 Å². The molecule has 16 heavy (non-hydrogen) atoms. The average molecular weight is 271 g/mol. The molecule has 0 rings (SSSR count).